The molecule has 1 atom stereocenters. The predicted molar refractivity (Wildman–Crippen MR) is 85.3 cm³/mol. The number of nitrogens with one attached hydrogen (secondary N) is 1. The lowest BCUT2D eigenvalue weighted by molar-refractivity contribution is 0.587. The lowest BCUT2D eigenvalue weighted by Crippen LogP contribution is -2.27. The van der Waals surface area contributed by atoms with Gasteiger partial charge in [0.1, 0.15) is 5.37 Å². The molecule has 1 unspecified atom stereocenters. The van der Waals surface area contributed by atoms with Gasteiger partial charge in [-0.3, -0.25) is 4.98 Å². The molecule has 3 aromatic rings. The maximum absolute atomic E-state index is 13.0. The highest BCUT2D eigenvalue weighted by atomic mass is 32.2. The summed E-state index contributed by atoms with van der Waals surface area (Å²) in [6.45, 7) is 0. The third-order valence-electron chi connectivity index (χ3n) is 3.95. The third kappa shape index (κ3) is 1.97. The predicted octanol–water partition coefficient (Wildman–Crippen LogP) is 2.80. The highest BCUT2D eigenvalue weighted by molar-refractivity contribution is 7.92. The Bertz CT molecular complexity index is 937. The van der Waals surface area contributed by atoms with Crippen LogP contribution in [0.4, 0.5) is 5.69 Å². The molecule has 2 aromatic carbocycles. The molecule has 1 radical (unpaired) electrons. The van der Waals surface area contributed by atoms with Crippen LogP contribution in [0.5, 0.6) is 0 Å². The van der Waals surface area contributed by atoms with Gasteiger partial charge < -0.3 is 5.32 Å². The van der Waals surface area contributed by atoms with Crippen molar-refractivity contribution >= 4 is 26.4 Å². The zero-order valence-corrected chi connectivity index (χ0v) is 12.5. The van der Waals surface area contributed by atoms with Crippen molar-refractivity contribution in [1.82, 2.24) is 4.98 Å². The second kappa shape index (κ2) is 4.81. The summed E-state index contributed by atoms with van der Waals surface area (Å²) in [6.07, 6.45) is 2.07. The number of anilines is 1. The molecule has 1 aromatic heterocycles. The number of aromatic nitrogens is 1. The standard InChI is InChI=1S/C17H13N2O2S/c20-22(21,16-11-13-5-1-2-8-14(13)19-16)15-9-3-6-12-7-4-10-18-17(12)15/h1,3-10,16,19H,11H2. The van der Waals surface area contributed by atoms with Crippen molar-refractivity contribution in [1.29, 1.82) is 0 Å². The Morgan fingerprint density at radius 1 is 1.18 bits per heavy atom. The molecule has 0 aliphatic carbocycles. The van der Waals surface area contributed by atoms with E-state index in [9.17, 15) is 8.42 Å². The number of benzene rings is 2. The van der Waals surface area contributed by atoms with Gasteiger partial charge in [0.15, 0.2) is 0 Å². The minimum absolute atomic E-state index is 0.278. The fourth-order valence-electron chi connectivity index (χ4n) is 2.85. The van der Waals surface area contributed by atoms with Crippen molar-refractivity contribution < 1.29 is 8.42 Å². The van der Waals surface area contributed by atoms with Gasteiger partial charge in [0.25, 0.3) is 0 Å². The Labute approximate surface area is 128 Å². The molecule has 2 heterocycles. The average Bonchev–Trinajstić information content (AvgIpc) is 2.99. The van der Waals surface area contributed by atoms with Gasteiger partial charge in [-0.05, 0) is 29.8 Å². The number of nitrogens with zero attached hydrogens (tertiary/aromatic N) is 1. The maximum Gasteiger partial charge on any atom is 0.201 e. The Hall–Kier alpha value is -2.40. The number of rotatable bonds is 2. The van der Waals surface area contributed by atoms with Crippen LogP contribution in [-0.4, -0.2) is 18.8 Å². The number of hydrogen-bond acceptors (Lipinski definition) is 4. The van der Waals surface area contributed by atoms with E-state index in [1.54, 1.807) is 36.5 Å². The summed E-state index contributed by atoms with van der Waals surface area (Å²) < 4.78 is 26.0. The van der Waals surface area contributed by atoms with Crippen LogP contribution in [0, 0.1) is 6.07 Å². The molecule has 109 valence electrons. The quantitative estimate of drug-likeness (QED) is 0.791. The van der Waals surface area contributed by atoms with E-state index in [0.29, 0.717) is 11.9 Å². The summed E-state index contributed by atoms with van der Waals surface area (Å²) >= 11 is 0. The number of hydrogen-bond donors (Lipinski definition) is 1. The fourth-order valence-corrected chi connectivity index (χ4v) is 4.54. The summed E-state index contributed by atoms with van der Waals surface area (Å²) in [5, 5.41) is 3.26. The molecule has 1 aliphatic rings. The summed E-state index contributed by atoms with van der Waals surface area (Å²) in [7, 11) is -3.52. The van der Waals surface area contributed by atoms with Gasteiger partial charge in [0.05, 0.1) is 10.4 Å². The molecule has 4 nitrogen and oxygen atoms in total. The van der Waals surface area contributed by atoms with E-state index >= 15 is 0 Å². The second-order valence-electron chi connectivity index (χ2n) is 5.30. The molecule has 0 saturated heterocycles. The molecule has 0 spiro atoms. The topological polar surface area (TPSA) is 59.1 Å². The molecule has 1 aliphatic heterocycles. The van der Waals surface area contributed by atoms with E-state index in [4.69, 9.17) is 0 Å². The Balaban J connectivity index is 1.82. The molecule has 0 bridgehead atoms. The maximum atomic E-state index is 13.0. The monoisotopic (exact) mass is 309 g/mol. The lowest BCUT2D eigenvalue weighted by atomic mass is 10.2. The highest BCUT2D eigenvalue weighted by Crippen LogP contribution is 2.32. The van der Waals surface area contributed by atoms with Crippen molar-refractivity contribution in [2.24, 2.45) is 0 Å². The number of pyridine rings is 1. The molecular formula is C17H13N2O2S. The molecule has 0 saturated carbocycles. The van der Waals surface area contributed by atoms with Gasteiger partial charge in [-0.25, -0.2) is 8.42 Å². The zero-order valence-electron chi connectivity index (χ0n) is 11.7. The molecule has 1 N–H and O–H groups in total. The normalized spacial score (nSPS) is 17.2. The van der Waals surface area contributed by atoms with Gasteiger partial charge >= 0.3 is 0 Å². The van der Waals surface area contributed by atoms with Gasteiger partial charge in [0, 0.05) is 23.7 Å². The van der Waals surface area contributed by atoms with Gasteiger partial charge in [-0.15, -0.1) is 0 Å². The number of sulfone groups is 1. The fraction of sp³-hybridized carbons (Fsp3) is 0.118. The van der Waals surface area contributed by atoms with Crippen LogP contribution in [-0.2, 0) is 16.3 Å². The zero-order chi connectivity index (χ0) is 15.2. The van der Waals surface area contributed by atoms with Crippen LogP contribution in [0.15, 0.2) is 59.6 Å². The van der Waals surface area contributed by atoms with Crippen molar-refractivity contribution in [3.05, 3.63) is 66.4 Å². The first kappa shape index (κ1) is 13.3. The van der Waals surface area contributed by atoms with Crippen LogP contribution in [0.3, 0.4) is 0 Å². The van der Waals surface area contributed by atoms with Crippen LogP contribution in [0.1, 0.15) is 5.56 Å². The third-order valence-corrected chi connectivity index (χ3v) is 5.93. The van der Waals surface area contributed by atoms with E-state index in [1.807, 2.05) is 18.2 Å². The minimum atomic E-state index is -3.52. The van der Waals surface area contributed by atoms with E-state index in [2.05, 4.69) is 16.4 Å². The minimum Gasteiger partial charge on any atom is -0.368 e. The van der Waals surface area contributed by atoms with Crippen LogP contribution in [0.25, 0.3) is 10.9 Å². The number of para-hydroxylation sites is 1. The molecule has 4 rings (SSSR count). The summed E-state index contributed by atoms with van der Waals surface area (Å²) in [5.41, 5.74) is 2.36. The molecular weight excluding hydrogens is 296 g/mol. The Morgan fingerprint density at radius 3 is 2.91 bits per heavy atom. The van der Waals surface area contributed by atoms with E-state index in [0.717, 1.165) is 16.6 Å². The van der Waals surface area contributed by atoms with Crippen LogP contribution >= 0.6 is 0 Å². The smallest absolute Gasteiger partial charge is 0.201 e. The average molecular weight is 309 g/mol. The van der Waals surface area contributed by atoms with Crippen molar-refractivity contribution in [3.8, 4) is 0 Å². The SMILES string of the molecule is O=S(=O)(c1cccc2cccnc12)C1Cc2cc[c]cc2N1. The van der Waals surface area contributed by atoms with E-state index < -0.39 is 15.2 Å². The van der Waals surface area contributed by atoms with E-state index in [-0.39, 0.29) is 4.90 Å². The second-order valence-corrected chi connectivity index (χ2v) is 7.40. The first-order valence-corrected chi connectivity index (χ1v) is 8.54. The largest absolute Gasteiger partial charge is 0.368 e. The van der Waals surface area contributed by atoms with E-state index in [1.165, 1.54) is 0 Å². The van der Waals surface area contributed by atoms with Crippen molar-refractivity contribution in [2.75, 3.05) is 5.32 Å². The molecule has 5 heteroatoms. The first-order valence-electron chi connectivity index (χ1n) is 6.99. The molecule has 22 heavy (non-hydrogen) atoms. The summed E-state index contributed by atoms with van der Waals surface area (Å²) in [4.78, 5) is 4.53. The Morgan fingerprint density at radius 2 is 2.05 bits per heavy atom. The molecule has 0 amide bonds. The Kier molecular flexibility index (Phi) is 2.90. The first-order chi connectivity index (χ1) is 10.7. The summed E-state index contributed by atoms with van der Waals surface area (Å²) in [5.74, 6) is 0. The summed E-state index contributed by atoms with van der Waals surface area (Å²) in [6, 6.07) is 17.4. The highest BCUT2D eigenvalue weighted by Gasteiger charge is 2.34. The lowest BCUT2D eigenvalue weighted by Gasteiger charge is -2.14. The van der Waals surface area contributed by atoms with Gasteiger partial charge in [0.2, 0.25) is 9.84 Å². The van der Waals surface area contributed by atoms with Crippen LogP contribution < -0.4 is 5.32 Å². The van der Waals surface area contributed by atoms with Crippen LogP contribution in [0.2, 0.25) is 0 Å². The number of fused-ring (bicyclic) bond motifs is 2. The van der Waals surface area contributed by atoms with Crippen molar-refractivity contribution in [3.63, 3.8) is 0 Å². The molecule has 0 fully saturated rings. The van der Waals surface area contributed by atoms with Crippen molar-refractivity contribution in [2.45, 2.75) is 16.7 Å². The van der Waals surface area contributed by atoms with Gasteiger partial charge in [-0.1, -0.05) is 30.3 Å². The van der Waals surface area contributed by atoms with Gasteiger partial charge in [-0.2, -0.15) is 0 Å².